The number of hydrogen-bond donors (Lipinski definition) is 3. The number of carbonyl (C=O) groups excluding carboxylic acids is 2. The van der Waals surface area contributed by atoms with Crippen LogP contribution in [0.1, 0.15) is 44.0 Å². The summed E-state index contributed by atoms with van der Waals surface area (Å²) >= 11 is 0. The van der Waals surface area contributed by atoms with Gasteiger partial charge >= 0.3 is 0 Å². The molecule has 1 heterocycles. The van der Waals surface area contributed by atoms with E-state index in [-0.39, 0.29) is 17.5 Å². The highest BCUT2D eigenvalue weighted by molar-refractivity contribution is 5.98. The summed E-state index contributed by atoms with van der Waals surface area (Å²) in [7, 11) is 0. The number of hydrogen-bond acceptors (Lipinski definition) is 3. The van der Waals surface area contributed by atoms with E-state index in [0.29, 0.717) is 12.2 Å². The van der Waals surface area contributed by atoms with Crippen molar-refractivity contribution in [2.45, 2.75) is 39.7 Å². The summed E-state index contributed by atoms with van der Waals surface area (Å²) in [5.74, 6) is -1.24. The van der Waals surface area contributed by atoms with Crippen molar-refractivity contribution >= 4 is 17.5 Å². The number of piperidine rings is 1. The van der Waals surface area contributed by atoms with E-state index in [1.807, 2.05) is 0 Å². The molecular weight excluding hydrogens is 297 g/mol. The van der Waals surface area contributed by atoms with Crippen LogP contribution in [0.4, 0.5) is 10.1 Å². The molecule has 126 valence electrons. The molecule has 2 rings (SSSR count). The Balaban J connectivity index is 2.10. The van der Waals surface area contributed by atoms with Gasteiger partial charge in [0.15, 0.2) is 0 Å². The normalized spacial score (nSPS) is 18.3. The molecule has 6 heteroatoms. The molecule has 1 aromatic carbocycles. The molecule has 3 N–H and O–H groups in total. The summed E-state index contributed by atoms with van der Waals surface area (Å²) in [6, 6.07) is 4.04. The molecule has 1 saturated heterocycles. The molecule has 23 heavy (non-hydrogen) atoms. The van der Waals surface area contributed by atoms with Gasteiger partial charge in [-0.05, 0) is 37.6 Å². The largest absolute Gasteiger partial charge is 0.348 e. The Morgan fingerprint density at radius 3 is 2.65 bits per heavy atom. The van der Waals surface area contributed by atoms with Gasteiger partial charge in [-0.25, -0.2) is 4.39 Å². The number of halogens is 1. The average Bonchev–Trinajstić information content (AvgIpc) is 2.49. The quantitative estimate of drug-likeness (QED) is 0.800. The molecule has 0 radical (unpaired) electrons. The Labute approximate surface area is 136 Å². The molecule has 1 aromatic rings. The predicted octanol–water partition coefficient (Wildman–Crippen LogP) is 2.29. The zero-order valence-corrected chi connectivity index (χ0v) is 13.8. The van der Waals surface area contributed by atoms with Gasteiger partial charge in [0.25, 0.3) is 5.91 Å². The van der Waals surface area contributed by atoms with Crippen LogP contribution >= 0.6 is 0 Å². The second-order valence-corrected chi connectivity index (χ2v) is 6.92. The van der Waals surface area contributed by atoms with Crippen molar-refractivity contribution in [2.75, 3.05) is 18.4 Å². The SMILES string of the molecule is CC(C)(C)C(=O)Nc1ccc(F)c(C(=O)N[C@H]2CCCNC2)c1. The number of nitrogens with one attached hydrogen (secondary N) is 3. The van der Waals surface area contributed by atoms with E-state index in [2.05, 4.69) is 16.0 Å². The van der Waals surface area contributed by atoms with E-state index in [0.717, 1.165) is 19.4 Å². The standard InChI is InChI=1S/C17H24FN3O2/c1-17(2,3)16(23)21-11-6-7-14(18)13(9-11)15(22)20-12-5-4-8-19-10-12/h6-7,9,12,19H,4-5,8,10H2,1-3H3,(H,20,22)(H,21,23)/t12-/m0/s1. The lowest BCUT2D eigenvalue weighted by atomic mass is 9.95. The summed E-state index contributed by atoms with van der Waals surface area (Å²) in [6.45, 7) is 6.99. The maximum atomic E-state index is 14.0. The molecular formula is C17H24FN3O2. The first-order chi connectivity index (χ1) is 10.8. The molecule has 0 aromatic heterocycles. The maximum Gasteiger partial charge on any atom is 0.254 e. The fourth-order valence-corrected chi connectivity index (χ4v) is 2.33. The smallest absolute Gasteiger partial charge is 0.254 e. The number of amides is 2. The van der Waals surface area contributed by atoms with E-state index < -0.39 is 17.1 Å². The van der Waals surface area contributed by atoms with Crippen LogP contribution in [0.15, 0.2) is 18.2 Å². The summed E-state index contributed by atoms with van der Waals surface area (Å²) in [5, 5.41) is 8.74. The fraction of sp³-hybridized carbons (Fsp3) is 0.529. The Bertz CT molecular complexity index is 590. The molecule has 1 aliphatic rings. The third-order valence-electron chi connectivity index (χ3n) is 3.78. The minimum absolute atomic E-state index is 0.00322. The Morgan fingerprint density at radius 2 is 2.04 bits per heavy atom. The molecule has 1 atom stereocenters. The van der Waals surface area contributed by atoms with Crippen molar-refractivity contribution in [3.8, 4) is 0 Å². The van der Waals surface area contributed by atoms with Gasteiger partial charge in [0.05, 0.1) is 5.56 Å². The van der Waals surface area contributed by atoms with Crippen LogP contribution in [0.25, 0.3) is 0 Å². The lowest BCUT2D eigenvalue weighted by molar-refractivity contribution is -0.123. The highest BCUT2D eigenvalue weighted by Gasteiger charge is 2.23. The first-order valence-electron chi connectivity index (χ1n) is 7.90. The van der Waals surface area contributed by atoms with Crippen LogP contribution in [0.5, 0.6) is 0 Å². The topological polar surface area (TPSA) is 70.2 Å². The summed E-state index contributed by atoms with van der Waals surface area (Å²) in [6.07, 6.45) is 1.86. The second kappa shape index (κ2) is 7.08. The Morgan fingerprint density at radius 1 is 1.30 bits per heavy atom. The van der Waals surface area contributed by atoms with Crippen LogP contribution in [0.2, 0.25) is 0 Å². The van der Waals surface area contributed by atoms with Gasteiger partial charge in [0.2, 0.25) is 5.91 Å². The van der Waals surface area contributed by atoms with Gasteiger partial charge in [-0.15, -0.1) is 0 Å². The first kappa shape index (κ1) is 17.4. The molecule has 1 fully saturated rings. The third-order valence-corrected chi connectivity index (χ3v) is 3.78. The summed E-state index contributed by atoms with van der Waals surface area (Å²) in [5.41, 5.74) is -0.203. The zero-order valence-electron chi connectivity index (χ0n) is 13.8. The molecule has 0 unspecified atom stereocenters. The molecule has 2 amide bonds. The average molecular weight is 321 g/mol. The van der Waals surface area contributed by atoms with Gasteiger partial charge in [-0.1, -0.05) is 20.8 Å². The van der Waals surface area contributed by atoms with Crippen molar-refractivity contribution in [1.29, 1.82) is 0 Å². The van der Waals surface area contributed by atoms with E-state index in [1.54, 1.807) is 20.8 Å². The highest BCUT2D eigenvalue weighted by atomic mass is 19.1. The Kier molecular flexibility index (Phi) is 5.36. The van der Waals surface area contributed by atoms with Gasteiger partial charge in [-0.3, -0.25) is 9.59 Å². The van der Waals surface area contributed by atoms with Crippen LogP contribution in [0, 0.1) is 11.2 Å². The van der Waals surface area contributed by atoms with Crippen molar-refractivity contribution in [2.24, 2.45) is 5.41 Å². The number of carbonyl (C=O) groups is 2. The second-order valence-electron chi connectivity index (χ2n) is 6.92. The minimum Gasteiger partial charge on any atom is -0.348 e. The lowest BCUT2D eigenvalue weighted by Gasteiger charge is -2.24. The Hall–Kier alpha value is -1.95. The molecule has 0 saturated carbocycles. The fourth-order valence-electron chi connectivity index (χ4n) is 2.33. The van der Waals surface area contributed by atoms with E-state index in [1.165, 1.54) is 18.2 Å². The van der Waals surface area contributed by atoms with Gasteiger partial charge < -0.3 is 16.0 Å². The van der Waals surface area contributed by atoms with Crippen molar-refractivity contribution in [1.82, 2.24) is 10.6 Å². The van der Waals surface area contributed by atoms with Crippen molar-refractivity contribution in [3.63, 3.8) is 0 Å². The molecule has 5 nitrogen and oxygen atoms in total. The molecule has 1 aliphatic heterocycles. The van der Waals surface area contributed by atoms with Gasteiger partial charge in [0, 0.05) is 23.7 Å². The van der Waals surface area contributed by atoms with Crippen LogP contribution in [-0.2, 0) is 4.79 Å². The minimum atomic E-state index is -0.597. The maximum absolute atomic E-state index is 14.0. The van der Waals surface area contributed by atoms with Gasteiger partial charge in [0.1, 0.15) is 5.82 Å². The van der Waals surface area contributed by atoms with Crippen molar-refractivity contribution < 1.29 is 14.0 Å². The van der Waals surface area contributed by atoms with Gasteiger partial charge in [-0.2, -0.15) is 0 Å². The van der Waals surface area contributed by atoms with Crippen LogP contribution < -0.4 is 16.0 Å². The number of benzene rings is 1. The monoisotopic (exact) mass is 321 g/mol. The number of rotatable bonds is 3. The van der Waals surface area contributed by atoms with E-state index in [9.17, 15) is 14.0 Å². The van der Waals surface area contributed by atoms with Crippen LogP contribution in [0.3, 0.4) is 0 Å². The van der Waals surface area contributed by atoms with Crippen LogP contribution in [-0.4, -0.2) is 30.9 Å². The molecule has 0 bridgehead atoms. The summed E-state index contributed by atoms with van der Waals surface area (Å²) in [4.78, 5) is 24.3. The number of anilines is 1. The van der Waals surface area contributed by atoms with E-state index in [4.69, 9.17) is 0 Å². The predicted molar refractivity (Wildman–Crippen MR) is 87.8 cm³/mol. The summed E-state index contributed by atoms with van der Waals surface area (Å²) < 4.78 is 14.0. The zero-order chi connectivity index (χ0) is 17.0. The molecule has 0 spiro atoms. The third kappa shape index (κ3) is 4.76. The lowest BCUT2D eigenvalue weighted by Crippen LogP contribution is -2.45. The first-order valence-corrected chi connectivity index (χ1v) is 7.90. The highest BCUT2D eigenvalue weighted by Crippen LogP contribution is 2.20. The van der Waals surface area contributed by atoms with E-state index >= 15 is 0 Å². The van der Waals surface area contributed by atoms with Crippen molar-refractivity contribution in [3.05, 3.63) is 29.6 Å². The molecule has 0 aliphatic carbocycles.